The van der Waals surface area contributed by atoms with Crippen molar-refractivity contribution in [3.8, 4) is 0 Å². The molecule has 0 aromatic heterocycles. The zero-order valence-corrected chi connectivity index (χ0v) is 16.5. The molecule has 2 rings (SSSR count). The molecule has 1 atom stereocenters. The quantitative estimate of drug-likeness (QED) is 0.347. The fourth-order valence-corrected chi connectivity index (χ4v) is 2.91. The molecule has 2 N–H and O–H groups in total. The Morgan fingerprint density at radius 2 is 1.62 bits per heavy atom. The maximum absolute atomic E-state index is 13.0. The lowest BCUT2D eigenvalue weighted by atomic mass is 10.0. The summed E-state index contributed by atoms with van der Waals surface area (Å²) in [4.78, 5) is 36.0. The molecular formula is C23H26FNO4. The smallest absolute Gasteiger partial charge is 0.307 e. The lowest BCUT2D eigenvalue weighted by Crippen LogP contribution is -2.26. The van der Waals surface area contributed by atoms with E-state index in [-0.39, 0.29) is 24.2 Å². The number of aryl methyl sites for hydroxylation is 1. The number of ether oxygens (including phenoxy) is 1. The monoisotopic (exact) mass is 399 g/mol. The van der Waals surface area contributed by atoms with Gasteiger partial charge in [0.1, 0.15) is 5.82 Å². The molecule has 0 spiro atoms. The lowest BCUT2D eigenvalue weighted by molar-refractivity contribution is -0.155. The van der Waals surface area contributed by atoms with Crippen LogP contribution in [-0.4, -0.2) is 17.7 Å². The molecule has 5 nitrogen and oxygen atoms in total. The van der Waals surface area contributed by atoms with E-state index >= 15 is 0 Å². The van der Waals surface area contributed by atoms with Gasteiger partial charge in [0, 0.05) is 17.5 Å². The van der Waals surface area contributed by atoms with Crippen molar-refractivity contribution in [2.75, 3.05) is 0 Å². The number of carbonyl (C=O) groups excluding carboxylic acids is 3. The van der Waals surface area contributed by atoms with Gasteiger partial charge in [-0.05, 0) is 30.5 Å². The van der Waals surface area contributed by atoms with Crippen molar-refractivity contribution in [2.24, 2.45) is 5.73 Å². The summed E-state index contributed by atoms with van der Waals surface area (Å²) in [6.07, 6.45) is 2.89. The third-order valence-corrected chi connectivity index (χ3v) is 4.58. The number of benzene rings is 2. The number of Topliss-reactive ketones (excluding diaryl/α,β-unsaturated/α-hetero) is 1. The van der Waals surface area contributed by atoms with Crippen LogP contribution in [0.5, 0.6) is 0 Å². The fourth-order valence-electron chi connectivity index (χ4n) is 2.91. The van der Waals surface area contributed by atoms with Crippen LogP contribution in [-0.2, 0) is 20.7 Å². The van der Waals surface area contributed by atoms with Crippen LogP contribution in [0.15, 0.2) is 48.5 Å². The van der Waals surface area contributed by atoms with Gasteiger partial charge in [-0.15, -0.1) is 0 Å². The van der Waals surface area contributed by atoms with E-state index in [2.05, 4.69) is 6.92 Å². The number of carbonyl (C=O) groups is 3. The van der Waals surface area contributed by atoms with Crippen LogP contribution in [0, 0.1) is 5.82 Å². The van der Waals surface area contributed by atoms with Crippen LogP contribution >= 0.6 is 0 Å². The summed E-state index contributed by atoms with van der Waals surface area (Å²) < 4.78 is 18.1. The first kappa shape index (κ1) is 22.3. The van der Waals surface area contributed by atoms with Crippen molar-refractivity contribution in [1.29, 1.82) is 0 Å². The Kier molecular flexibility index (Phi) is 8.52. The Labute approximate surface area is 170 Å². The van der Waals surface area contributed by atoms with Crippen molar-refractivity contribution >= 4 is 17.7 Å². The van der Waals surface area contributed by atoms with Crippen LogP contribution in [0.25, 0.3) is 0 Å². The number of rotatable bonds is 11. The van der Waals surface area contributed by atoms with E-state index in [1.807, 2.05) is 12.1 Å². The summed E-state index contributed by atoms with van der Waals surface area (Å²) in [5, 5.41) is 0. The summed E-state index contributed by atoms with van der Waals surface area (Å²) in [7, 11) is 0. The first-order valence-corrected chi connectivity index (χ1v) is 9.77. The zero-order chi connectivity index (χ0) is 21.2. The van der Waals surface area contributed by atoms with Gasteiger partial charge in [-0.3, -0.25) is 14.4 Å². The molecule has 2 aromatic carbocycles. The third kappa shape index (κ3) is 7.14. The topological polar surface area (TPSA) is 86.5 Å². The van der Waals surface area contributed by atoms with E-state index in [4.69, 9.17) is 10.5 Å². The lowest BCUT2D eigenvalue weighted by Gasteiger charge is -2.15. The van der Waals surface area contributed by atoms with Gasteiger partial charge in [0.05, 0.1) is 6.42 Å². The van der Waals surface area contributed by atoms with Crippen molar-refractivity contribution in [2.45, 2.75) is 51.6 Å². The molecule has 0 bridgehead atoms. The minimum Gasteiger partial charge on any atom is -0.447 e. The number of nitrogens with two attached hydrogens (primary N) is 1. The van der Waals surface area contributed by atoms with Crippen molar-refractivity contribution < 1.29 is 23.5 Å². The van der Waals surface area contributed by atoms with E-state index in [1.54, 1.807) is 12.1 Å². The van der Waals surface area contributed by atoms with E-state index in [9.17, 15) is 18.8 Å². The van der Waals surface area contributed by atoms with Gasteiger partial charge in [-0.2, -0.15) is 0 Å². The second-order valence-corrected chi connectivity index (χ2v) is 6.90. The minimum absolute atomic E-state index is 0.0388. The first-order chi connectivity index (χ1) is 13.9. The number of esters is 1. The molecule has 0 saturated heterocycles. The number of hydrogen-bond donors (Lipinski definition) is 1. The first-order valence-electron chi connectivity index (χ1n) is 9.77. The van der Waals surface area contributed by atoms with Crippen LogP contribution < -0.4 is 5.73 Å². The summed E-state index contributed by atoms with van der Waals surface area (Å²) in [5.74, 6) is -2.25. The van der Waals surface area contributed by atoms with Crippen molar-refractivity contribution in [3.63, 3.8) is 0 Å². The Morgan fingerprint density at radius 1 is 0.966 bits per heavy atom. The molecule has 0 heterocycles. The van der Waals surface area contributed by atoms with Crippen LogP contribution in [0.1, 0.15) is 66.6 Å². The molecule has 1 unspecified atom stereocenters. The Balaban J connectivity index is 1.87. The van der Waals surface area contributed by atoms with Crippen molar-refractivity contribution in [1.82, 2.24) is 0 Å². The van der Waals surface area contributed by atoms with Gasteiger partial charge in [-0.25, -0.2) is 4.39 Å². The average molecular weight is 399 g/mol. The van der Waals surface area contributed by atoms with E-state index in [1.165, 1.54) is 24.1 Å². The van der Waals surface area contributed by atoms with Gasteiger partial charge in [0.25, 0.3) is 5.91 Å². The number of ketones is 1. The third-order valence-electron chi connectivity index (χ3n) is 4.58. The molecule has 0 aliphatic heterocycles. The van der Waals surface area contributed by atoms with Gasteiger partial charge < -0.3 is 10.5 Å². The normalized spacial score (nSPS) is 11.7. The molecule has 0 radical (unpaired) electrons. The molecule has 2 aromatic rings. The molecule has 29 heavy (non-hydrogen) atoms. The Hall–Kier alpha value is -3.02. The highest BCUT2D eigenvalue weighted by atomic mass is 19.1. The highest BCUT2D eigenvalue weighted by Gasteiger charge is 2.23. The number of amides is 1. The van der Waals surface area contributed by atoms with Gasteiger partial charge in [0.2, 0.25) is 6.10 Å². The maximum Gasteiger partial charge on any atom is 0.307 e. The zero-order valence-electron chi connectivity index (χ0n) is 16.5. The SMILES string of the molecule is CCCCCc1ccc(C(=O)CCC(=O)OC(C(N)=O)c2ccc(F)cc2)cc1. The van der Waals surface area contributed by atoms with Gasteiger partial charge >= 0.3 is 5.97 Å². The highest BCUT2D eigenvalue weighted by Crippen LogP contribution is 2.19. The second kappa shape index (κ2) is 11.1. The minimum atomic E-state index is -1.32. The van der Waals surface area contributed by atoms with Gasteiger partial charge in [0.15, 0.2) is 5.78 Å². The summed E-state index contributed by atoms with van der Waals surface area (Å²) >= 11 is 0. The molecule has 154 valence electrons. The number of primary amides is 1. The molecule has 0 aliphatic carbocycles. The highest BCUT2D eigenvalue weighted by molar-refractivity contribution is 5.97. The molecule has 1 amide bonds. The van der Waals surface area contributed by atoms with E-state index in [0.717, 1.165) is 31.4 Å². The molecule has 6 heteroatoms. The Bertz CT molecular complexity index is 831. The standard InChI is InChI=1S/C23H26FNO4/c1-2-3-4-5-16-6-8-17(9-7-16)20(26)14-15-21(27)29-22(23(25)28)18-10-12-19(24)13-11-18/h6-13,22H,2-5,14-15H2,1H3,(H2,25,28). The number of halogens is 1. The number of hydrogen-bond acceptors (Lipinski definition) is 4. The predicted octanol–water partition coefficient (Wildman–Crippen LogP) is 4.29. The molecular weight excluding hydrogens is 373 g/mol. The largest absolute Gasteiger partial charge is 0.447 e. The summed E-state index contributed by atoms with van der Waals surface area (Å²) in [6.45, 7) is 2.15. The fraction of sp³-hybridized carbons (Fsp3) is 0.348. The van der Waals surface area contributed by atoms with Gasteiger partial charge in [-0.1, -0.05) is 56.2 Å². The van der Waals surface area contributed by atoms with Crippen molar-refractivity contribution in [3.05, 3.63) is 71.0 Å². The molecule has 0 aliphatic rings. The maximum atomic E-state index is 13.0. The predicted molar refractivity (Wildman–Crippen MR) is 108 cm³/mol. The Morgan fingerprint density at radius 3 is 2.21 bits per heavy atom. The van der Waals surface area contributed by atoms with Crippen LogP contribution in [0.3, 0.4) is 0 Å². The van der Waals surface area contributed by atoms with E-state index < -0.39 is 23.8 Å². The molecule has 0 saturated carbocycles. The average Bonchev–Trinajstić information content (AvgIpc) is 2.71. The number of unbranched alkanes of at least 4 members (excludes halogenated alkanes) is 2. The van der Waals surface area contributed by atoms with Crippen LogP contribution in [0.2, 0.25) is 0 Å². The second-order valence-electron chi connectivity index (χ2n) is 6.90. The molecule has 0 fully saturated rings. The summed E-state index contributed by atoms with van der Waals surface area (Å²) in [6, 6.07) is 12.3. The van der Waals surface area contributed by atoms with Crippen LogP contribution in [0.4, 0.5) is 4.39 Å². The van der Waals surface area contributed by atoms with E-state index in [0.29, 0.717) is 5.56 Å². The summed E-state index contributed by atoms with van der Waals surface area (Å²) in [5.41, 5.74) is 7.27.